The van der Waals surface area contributed by atoms with E-state index in [2.05, 4.69) is 5.32 Å². The highest BCUT2D eigenvalue weighted by molar-refractivity contribution is 6.06. The Morgan fingerprint density at radius 3 is 2.62 bits per heavy atom. The number of nitrogens with one attached hydrogen (secondary N) is 1. The zero-order chi connectivity index (χ0) is 9.64. The van der Waals surface area contributed by atoms with Crippen LogP contribution in [-0.2, 0) is 9.53 Å². The van der Waals surface area contributed by atoms with Crippen LogP contribution in [0.2, 0.25) is 0 Å². The maximum Gasteiger partial charge on any atom is 0.325 e. The molecule has 72 valence electrons. The third-order valence-electron chi connectivity index (χ3n) is 2.23. The topological polar surface area (TPSA) is 61.9 Å². The van der Waals surface area contributed by atoms with Crippen molar-refractivity contribution in [3.63, 3.8) is 0 Å². The van der Waals surface area contributed by atoms with E-state index in [-0.39, 0.29) is 18.0 Å². The first kappa shape index (κ1) is 8.50. The molecule has 2 saturated heterocycles. The van der Waals surface area contributed by atoms with E-state index in [0.717, 1.165) is 0 Å². The Morgan fingerprint density at radius 2 is 2.23 bits per heavy atom. The maximum atomic E-state index is 11.6. The number of epoxide rings is 1. The van der Waals surface area contributed by atoms with E-state index in [9.17, 15) is 9.59 Å². The molecule has 0 spiro atoms. The molecule has 5 nitrogen and oxygen atoms in total. The van der Waals surface area contributed by atoms with E-state index in [1.54, 1.807) is 13.8 Å². The van der Waals surface area contributed by atoms with Crippen LogP contribution in [-0.4, -0.2) is 41.6 Å². The van der Waals surface area contributed by atoms with E-state index in [4.69, 9.17) is 4.74 Å². The van der Waals surface area contributed by atoms with Crippen LogP contribution < -0.4 is 5.32 Å². The van der Waals surface area contributed by atoms with E-state index in [1.807, 2.05) is 0 Å². The van der Waals surface area contributed by atoms with Crippen LogP contribution in [0, 0.1) is 0 Å². The van der Waals surface area contributed by atoms with Crippen LogP contribution in [0.25, 0.3) is 0 Å². The van der Waals surface area contributed by atoms with E-state index >= 15 is 0 Å². The normalized spacial score (nSPS) is 30.6. The molecule has 1 unspecified atom stereocenters. The number of hydrogen-bond donors (Lipinski definition) is 1. The highest BCUT2D eigenvalue weighted by Crippen LogP contribution is 2.20. The number of ether oxygens (including phenoxy) is 1. The summed E-state index contributed by atoms with van der Waals surface area (Å²) in [5.74, 6) is -0.173. The quantitative estimate of drug-likeness (QED) is 0.474. The Kier molecular flexibility index (Phi) is 1.60. The first-order chi connectivity index (χ1) is 6.00. The minimum Gasteiger partial charge on any atom is -0.371 e. The molecular formula is C8H12N2O3. The molecule has 1 N–H and O–H groups in total. The molecule has 0 aromatic carbocycles. The van der Waals surface area contributed by atoms with Crippen LogP contribution in [0.4, 0.5) is 4.79 Å². The van der Waals surface area contributed by atoms with Gasteiger partial charge in [-0.2, -0.15) is 0 Å². The molecule has 3 amide bonds. The average molecular weight is 184 g/mol. The molecule has 2 heterocycles. The number of rotatable bonds is 2. The predicted octanol–water partition coefficient (Wildman–Crippen LogP) is -0.284. The zero-order valence-electron chi connectivity index (χ0n) is 7.66. The molecule has 2 aliphatic heterocycles. The van der Waals surface area contributed by atoms with Crippen LogP contribution in [0.1, 0.15) is 13.8 Å². The minimum atomic E-state index is -0.758. The van der Waals surface area contributed by atoms with Gasteiger partial charge in [0.05, 0.1) is 19.3 Å². The molecule has 0 aliphatic carbocycles. The van der Waals surface area contributed by atoms with Gasteiger partial charge in [-0.15, -0.1) is 0 Å². The number of carbonyl (C=O) groups excluding carboxylic acids is 2. The SMILES string of the molecule is CC1(C)NC(=O)N(CC2CO2)C1=O. The number of hydrogen-bond acceptors (Lipinski definition) is 3. The summed E-state index contributed by atoms with van der Waals surface area (Å²) in [5, 5.41) is 2.61. The van der Waals surface area contributed by atoms with Gasteiger partial charge in [-0.1, -0.05) is 0 Å². The van der Waals surface area contributed by atoms with Gasteiger partial charge in [0.15, 0.2) is 0 Å². The minimum absolute atomic E-state index is 0.0589. The smallest absolute Gasteiger partial charge is 0.325 e. The van der Waals surface area contributed by atoms with Crippen molar-refractivity contribution < 1.29 is 14.3 Å². The van der Waals surface area contributed by atoms with Crippen molar-refractivity contribution in [1.29, 1.82) is 0 Å². The van der Waals surface area contributed by atoms with Crippen molar-refractivity contribution >= 4 is 11.9 Å². The van der Waals surface area contributed by atoms with Crippen LogP contribution >= 0.6 is 0 Å². The largest absolute Gasteiger partial charge is 0.371 e. The predicted molar refractivity (Wildman–Crippen MR) is 44.1 cm³/mol. The molecule has 2 aliphatic rings. The summed E-state index contributed by atoms with van der Waals surface area (Å²) in [6, 6.07) is -0.314. The van der Waals surface area contributed by atoms with E-state index in [1.165, 1.54) is 4.90 Å². The van der Waals surface area contributed by atoms with Crippen molar-refractivity contribution in [2.45, 2.75) is 25.5 Å². The second kappa shape index (κ2) is 2.45. The monoisotopic (exact) mass is 184 g/mol. The van der Waals surface area contributed by atoms with E-state index < -0.39 is 5.54 Å². The number of urea groups is 1. The zero-order valence-corrected chi connectivity index (χ0v) is 7.66. The molecular weight excluding hydrogens is 172 g/mol. The molecule has 13 heavy (non-hydrogen) atoms. The summed E-state index contributed by atoms with van der Waals surface area (Å²) in [6.45, 7) is 4.42. The van der Waals surface area contributed by atoms with Gasteiger partial charge < -0.3 is 10.1 Å². The molecule has 0 radical (unpaired) electrons. The molecule has 1 atom stereocenters. The van der Waals surface area contributed by atoms with Crippen LogP contribution in [0.15, 0.2) is 0 Å². The second-order valence-electron chi connectivity index (χ2n) is 3.93. The van der Waals surface area contributed by atoms with Crippen LogP contribution in [0.3, 0.4) is 0 Å². The van der Waals surface area contributed by atoms with Gasteiger partial charge in [0.25, 0.3) is 5.91 Å². The standard InChI is InChI=1S/C8H12N2O3/c1-8(2)6(11)10(7(12)9-8)3-5-4-13-5/h5H,3-4H2,1-2H3,(H,9,12). The number of imide groups is 1. The van der Waals surface area contributed by atoms with Crippen molar-refractivity contribution in [3.05, 3.63) is 0 Å². The van der Waals surface area contributed by atoms with Crippen molar-refractivity contribution in [2.75, 3.05) is 13.2 Å². The highest BCUT2D eigenvalue weighted by atomic mass is 16.6. The summed E-state index contributed by atoms with van der Waals surface area (Å²) in [5.41, 5.74) is -0.758. The third-order valence-corrected chi connectivity index (χ3v) is 2.23. The number of carbonyl (C=O) groups is 2. The van der Waals surface area contributed by atoms with Gasteiger partial charge in [-0.3, -0.25) is 9.69 Å². The van der Waals surface area contributed by atoms with Crippen molar-refractivity contribution in [3.8, 4) is 0 Å². The molecule has 0 bridgehead atoms. The fourth-order valence-corrected chi connectivity index (χ4v) is 1.36. The van der Waals surface area contributed by atoms with Gasteiger partial charge in [-0.05, 0) is 13.8 Å². The third kappa shape index (κ3) is 1.39. The molecule has 0 aromatic heterocycles. The number of nitrogens with zero attached hydrogens (tertiary/aromatic N) is 1. The van der Waals surface area contributed by atoms with Gasteiger partial charge in [0.2, 0.25) is 0 Å². The molecule has 5 heteroatoms. The fraction of sp³-hybridized carbons (Fsp3) is 0.750. The first-order valence-corrected chi connectivity index (χ1v) is 4.26. The van der Waals surface area contributed by atoms with Gasteiger partial charge in [-0.25, -0.2) is 4.79 Å². The van der Waals surface area contributed by atoms with E-state index in [0.29, 0.717) is 13.2 Å². The lowest BCUT2D eigenvalue weighted by Crippen LogP contribution is -2.40. The summed E-state index contributed by atoms with van der Waals surface area (Å²) < 4.78 is 4.96. The lowest BCUT2D eigenvalue weighted by Gasteiger charge is -2.14. The Balaban J connectivity index is 2.09. The molecule has 0 saturated carbocycles. The van der Waals surface area contributed by atoms with Gasteiger partial charge in [0, 0.05) is 0 Å². The lowest BCUT2D eigenvalue weighted by molar-refractivity contribution is -0.130. The fourth-order valence-electron chi connectivity index (χ4n) is 1.36. The average Bonchev–Trinajstić information content (AvgIpc) is 2.77. The van der Waals surface area contributed by atoms with Gasteiger partial charge >= 0.3 is 6.03 Å². The molecule has 2 rings (SSSR count). The summed E-state index contributed by atoms with van der Waals surface area (Å²) in [4.78, 5) is 24.1. The molecule has 2 fully saturated rings. The first-order valence-electron chi connectivity index (χ1n) is 4.26. The Hall–Kier alpha value is -1.10. The highest BCUT2D eigenvalue weighted by Gasteiger charge is 2.46. The van der Waals surface area contributed by atoms with Crippen molar-refractivity contribution in [2.24, 2.45) is 0 Å². The summed E-state index contributed by atoms with van der Waals surface area (Å²) >= 11 is 0. The maximum absolute atomic E-state index is 11.6. The summed E-state index contributed by atoms with van der Waals surface area (Å²) in [6.07, 6.45) is 0.0589. The Bertz CT molecular complexity index is 271. The van der Waals surface area contributed by atoms with Gasteiger partial charge in [0.1, 0.15) is 5.54 Å². The lowest BCUT2D eigenvalue weighted by atomic mass is 10.1. The second-order valence-corrected chi connectivity index (χ2v) is 3.93. The Morgan fingerprint density at radius 1 is 1.62 bits per heavy atom. The molecule has 0 aromatic rings. The summed E-state index contributed by atoms with van der Waals surface area (Å²) in [7, 11) is 0. The van der Waals surface area contributed by atoms with Crippen LogP contribution in [0.5, 0.6) is 0 Å². The Labute approximate surface area is 76.0 Å². The number of amides is 3. The van der Waals surface area contributed by atoms with Crippen molar-refractivity contribution in [1.82, 2.24) is 10.2 Å².